The van der Waals surface area contributed by atoms with Gasteiger partial charge in [-0.1, -0.05) is 0 Å². The molecule has 1 fully saturated rings. The van der Waals surface area contributed by atoms with Gasteiger partial charge in [0.2, 0.25) is 11.0 Å². The summed E-state index contributed by atoms with van der Waals surface area (Å²) in [6.07, 6.45) is 2.35. The second-order valence-electron chi connectivity index (χ2n) is 3.06. The fraction of sp³-hybridized carbons (Fsp3) is 0.571. The van der Waals surface area contributed by atoms with Crippen LogP contribution < -0.4 is 10.6 Å². The highest BCUT2D eigenvalue weighted by Crippen LogP contribution is 2.23. The van der Waals surface area contributed by atoms with E-state index in [-0.39, 0.29) is 11.8 Å². The number of rotatable bonds is 2. The highest BCUT2D eigenvalue weighted by molar-refractivity contribution is 7.09. The molecule has 0 aliphatic carbocycles. The molecule has 13 heavy (non-hydrogen) atoms. The van der Waals surface area contributed by atoms with Crippen molar-refractivity contribution in [3.05, 3.63) is 6.33 Å². The number of nitrogens with zero attached hydrogens (tertiary/aromatic N) is 3. The van der Waals surface area contributed by atoms with Gasteiger partial charge >= 0.3 is 0 Å². The molecular weight excluding hydrogens is 188 g/mol. The number of hydrogen-bond acceptors (Lipinski definition) is 5. The molecule has 1 amide bonds. The lowest BCUT2D eigenvalue weighted by atomic mass is 10.1. The molecule has 2 N–H and O–H groups in total. The van der Waals surface area contributed by atoms with Crippen LogP contribution in [0.15, 0.2) is 6.33 Å². The van der Waals surface area contributed by atoms with Gasteiger partial charge in [0.1, 0.15) is 6.33 Å². The van der Waals surface area contributed by atoms with Crippen molar-refractivity contribution in [2.75, 3.05) is 18.0 Å². The monoisotopic (exact) mass is 198 g/mol. The number of nitrogens with two attached hydrogens (primary N) is 1. The smallest absolute Gasteiger partial charge is 0.222 e. The van der Waals surface area contributed by atoms with Crippen LogP contribution in [0.3, 0.4) is 0 Å². The number of carbonyl (C=O) groups is 1. The Balaban J connectivity index is 2.03. The van der Waals surface area contributed by atoms with Crippen LogP contribution in [-0.2, 0) is 4.79 Å². The normalized spacial score (nSPS) is 22.2. The van der Waals surface area contributed by atoms with Gasteiger partial charge in [-0.05, 0) is 6.42 Å². The summed E-state index contributed by atoms with van der Waals surface area (Å²) in [4.78, 5) is 17.0. The van der Waals surface area contributed by atoms with Gasteiger partial charge in [0.15, 0.2) is 0 Å². The minimum absolute atomic E-state index is 0.0242. The summed E-state index contributed by atoms with van der Waals surface area (Å²) in [6.45, 7) is 1.54. The number of anilines is 1. The standard InChI is InChI=1S/C7H10N4OS/c8-6(12)5-1-2-11(3-5)7-9-4-10-13-7/h4-5H,1-3H2,(H2,8,12). The van der Waals surface area contributed by atoms with Crippen molar-refractivity contribution in [2.24, 2.45) is 11.7 Å². The molecule has 0 spiro atoms. The average Bonchev–Trinajstić information content (AvgIpc) is 2.75. The van der Waals surface area contributed by atoms with Crippen LogP contribution >= 0.6 is 11.5 Å². The highest BCUT2D eigenvalue weighted by atomic mass is 32.1. The molecule has 5 nitrogen and oxygen atoms in total. The molecule has 2 rings (SSSR count). The number of amides is 1. The van der Waals surface area contributed by atoms with Gasteiger partial charge in [0.05, 0.1) is 5.92 Å². The van der Waals surface area contributed by atoms with Gasteiger partial charge in [0, 0.05) is 24.6 Å². The van der Waals surface area contributed by atoms with Crippen LogP contribution in [0.4, 0.5) is 5.13 Å². The lowest BCUT2D eigenvalue weighted by Gasteiger charge is -2.12. The highest BCUT2D eigenvalue weighted by Gasteiger charge is 2.27. The van der Waals surface area contributed by atoms with Crippen molar-refractivity contribution in [1.29, 1.82) is 0 Å². The predicted octanol–water partition coefficient (Wildman–Crippen LogP) is -0.150. The third kappa shape index (κ3) is 1.62. The van der Waals surface area contributed by atoms with E-state index in [1.54, 1.807) is 0 Å². The first-order valence-corrected chi connectivity index (χ1v) is 4.85. The van der Waals surface area contributed by atoms with Gasteiger partial charge < -0.3 is 10.6 Å². The van der Waals surface area contributed by atoms with Crippen molar-refractivity contribution in [3.63, 3.8) is 0 Å². The first-order chi connectivity index (χ1) is 6.27. The Morgan fingerprint density at radius 1 is 1.77 bits per heavy atom. The fourth-order valence-corrected chi connectivity index (χ4v) is 2.04. The van der Waals surface area contributed by atoms with E-state index < -0.39 is 0 Å². The van der Waals surface area contributed by atoms with E-state index in [1.165, 1.54) is 17.9 Å². The molecule has 1 aromatic rings. The molecule has 6 heteroatoms. The summed E-state index contributed by atoms with van der Waals surface area (Å²) >= 11 is 1.35. The van der Waals surface area contributed by atoms with Crippen molar-refractivity contribution >= 4 is 22.6 Å². The van der Waals surface area contributed by atoms with Crippen molar-refractivity contribution in [2.45, 2.75) is 6.42 Å². The summed E-state index contributed by atoms with van der Waals surface area (Å²) in [5.74, 6) is -0.240. The SMILES string of the molecule is NC(=O)C1CCN(c2ncns2)C1. The number of aromatic nitrogens is 2. The van der Waals surface area contributed by atoms with E-state index in [2.05, 4.69) is 9.36 Å². The van der Waals surface area contributed by atoms with E-state index in [9.17, 15) is 4.79 Å². The number of carbonyl (C=O) groups excluding carboxylic acids is 1. The molecular formula is C7H10N4OS. The van der Waals surface area contributed by atoms with Gasteiger partial charge in [0.25, 0.3) is 0 Å². The summed E-state index contributed by atoms with van der Waals surface area (Å²) < 4.78 is 3.91. The molecule has 0 aromatic carbocycles. The molecule has 0 radical (unpaired) electrons. The summed E-state index contributed by atoms with van der Waals surface area (Å²) in [5.41, 5.74) is 5.22. The minimum atomic E-state index is -0.216. The van der Waals surface area contributed by atoms with Crippen LogP contribution in [0.25, 0.3) is 0 Å². The molecule has 1 aliphatic rings. The third-order valence-electron chi connectivity index (χ3n) is 2.21. The van der Waals surface area contributed by atoms with Crippen LogP contribution in [0.5, 0.6) is 0 Å². The number of primary amides is 1. The molecule has 70 valence electrons. The molecule has 1 saturated heterocycles. The summed E-state index contributed by atoms with van der Waals surface area (Å²) in [7, 11) is 0. The van der Waals surface area contributed by atoms with Crippen molar-refractivity contribution in [3.8, 4) is 0 Å². The first kappa shape index (κ1) is 8.43. The van der Waals surface area contributed by atoms with Crippen molar-refractivity contribution in [1.82, 2.24) is 9.36 Å². The summed E-state index contributed by atoms with van der Waals surface area (Å²) in [6, 6.07) is 0. The van der Waals surface area contributed by atoms with Gasteiger partial charge in [-0.3, -0.25) is 4.79 Å². The molecule has 0 bridgehead atoms. The maximum absolute atomic E-state index is 10.9. The van der Waals surface area contributed by atoms with Gasteiger partial charge in [-0.2, -0.15) is 4.37 Å². The quantitative estimate of drug-likeness (QED) is 0.717. The first-order valence-electron chi connectivity index (χ1n) is 4.08. The van der Waals surface area contributed by atoms with Crippen molar-refractivity contribution < 1.29 is 4.79 Å². The Bertz CT molecular complexity index is 299. The zero-order chi connectivity index (χ0) is 9.26. The maximum atomic E-state index is 10.9. The second-order valence-corrected chi connectivity index (χ2v) is 3.82. The Labute approximate surface area is 79.7 Å². The van der Waals surface area contributed by atoms with Gasteiger partial charge in [-0.15, -0.1) is 0 Å². The molecule has 1 unspecified atom stereocenters. The maximum Gasteiger partial charge on any atom is 0.222 e. The lowest BCUT2D eigenvalue weighted by molar-refractivity contribution is -0.121. The number of hydrogen-bond donors (Lipinski definition) is 1. The Morgan fingerprint density at radius 3 is 3.15 bits per heavy atom. The van der Waals surface area contributed by atoms with Crippen LogP contribution in [0, 0.1) is 5.92 Å². The molecule has 1 aromatic heterocycles. The summed E-state index contributed by atoms with van der Waals surface area (Å²) in [5, 5.41) is 0.878. The third-order valence-corrected chi connectivity index (χ3v) is 2.94. The average molecular weight is 198 g/mol. The Kier molecular flexibility index (Phi) is 2.13. The zero-order valence-electron chi connectivity index (χ0n) is 7.01. The Morgan fingerprint density at radius 2 is 2.62 bits per heavy atom. The minimum Gasteiger partial charge on any atom is -0.369 e. The van der Waals surface area contributed by atoms with E-state index in [0.29, 0.717) is 6.54 Å². The van der Waals surface area contributed by atoms with Gasteiger partial charge in [-0.25, -0.2) is 4.98 Å². The Hall–Kier alpha value is -1.17. The van der Waals surface area contributed by atoms with E-state index >= 15 is 0 Å². The van der Waals surface area contributed by atoms with E-state index in [0.717, 1.165) is 18.1 Å². The van der Waals surface area contributed by atoms with Crippen LogP contribution in [-0.4, -0.2) is 28.4 Å². The van der Waals surface area contributed by atoms with E-state index in [4.69, 9.17) is 5.73 Å². The molecule has 2 heterocycles. The topological polar surface area (TPSA) is 72.1 Å². The molecule has 0 saturated carbocycles. The van der Waals surface area contributed by atoms with Crippen LogP contribution in [0.1, 0.15) is 6.42 Å². The fourth-order valence-electron chi connectivity index (χ4n) is 1.47. The predicted molar refractivity (Wildman–Crippen MR) is 49.4 cm³/mol. The second kappa shape index (κ2) is 3.29. The lowest BCUT2D eigenvalue weighted by Crippen LogP contribution is -2.27. The zero-order valence-corrected chi connectivity index (χ0v) is 7.83. The van der Waals surface area contributed by atoms with E-state index in [1.807, 2.05) is 4.90 Å². The molecule has 1 aliphatic heterocycles. The largest absolute Gasteiger partial charge is 0.369 e. The molecule has 1 atom stereocenters. The van der Waals surface area contributed by atoms with Crippen LogP contribution in [0.2, 0.25) is 0 Å².